The second-order valence-corrected chi connectivity index (χ2v) is 5.79. The molecule has 1 aromatic rings. The molecule has 21 heavy (non-hydrogen) atoms. The highest BCUT2D eigenvalue weighted by molar-refractivity contribution is 7.89. The molecule has 1 amide bonds. The van der Waals surface area contributed by atoms with Gasteiger partial charge in [-0.2, -0.15) is 0 Å². The second-order valence-electron chi connectivity index (χ2n) is 3.93. The molecular formula is C12H20ClN3O4S. The van der Waals surface area contributed by atoms with Gasteiger partial charge >= 0.3 is 0 Å². The van der Waals surface area contributed by atoms with E-state index < -0.39 is 10.0 Å². The summed E-state index contributed by atoms with van der Waals surface area (Å²) in [6.45, 7) is 1.08. The van der Waals surface area contributed by atoms with Gasteiger partial charge in [0, 0.05) is 18.7 Å². The standard InChI is InChI=1S/C12H19N3O4S.ClH/c1-13-6-7-15-12(16)9-4-5-10(19-3)11(8-9)20(17,18)14-2;/h4-5,8,13-14H,6-7H2,1-3H3,(H,15,16);1H. The van der Waals surface area contributed by atoms with E-state index in [-0.39, 0.29) is 34.5 Å². The van der Waals surface area contributed by atoms with E-state index in [4.69, 9.17) is 4.74 Å². The van der Waals surface area contributed by atoms with Crippen LogP contribution in [0.5, 0.6) is 5.75 Å². The Morgan fingerprint density at radius 1 is 1.24 bits per heavy atom. The lowest BCUT2D eigenvalue weighted by Crippen LogP contribution is -2.30. The summed E-state index contributed by atoms with van der Waals surface area (Å²) in [5.41, 5.74) is 0.260. The minimum atomic E-state index is -3.69. The molecule has 0 aliphatic rings. The smallest absolute Gasteiger partial charge is 0.251 e. The Kier molecular flexibility index (Phi) is 8.26. The summed E-state index contributed by atoms with van der Waals surface area (Å²) in [4.78, 5) is 11.8. The fourth-order valence-electron chi connectivity index (χ4n) is 1.54. The molecule has 0 bridgehead atoms. The van der Waals surface area contributed by atoms with Crippen molar-refractivity contribution in [3.05, 3.63) is 23.8 Å². The van der Waals surface area contributed by atoms with Crippen LogP contribution in [0, 0.1) is 0 Å². The van der Waals surface area contributed by atoms with Gasteiger partial charge in [0.25, 0.3) is 5.91 Å². The molecule has 0 aliphatic carbocycles. The molecule has 0 radical (unpaired) electrons. The molecular weight excluding hydrogens is 318 g/mol. The number of sulfonamides is 1. The molecule has 0 heterocycles. The molecule has 1 rings (SSSR count). The van der Waals surface area contributed by atoms with Crippen LogP contribution in [0.25, 0.3) is 0 Å². The lowest BCUT2D eigenvalue weighted by atomic mass is 10.2. The highest BCUT2D eigenvalue weighted by Gasteiger charge is 2.19. The molecule has 0 saturated carbocycles. The molecule has 1 aromatic carbocycles. The van der Waals surface area contributed by atoms with Gasteiger partial charge in [-0.3, -0.25) is 4.79 Å². The van der Waals surface area contributed by atoms with E-state index in [1.807, 2.05) is 0 Å². The zero-order valence-electron chi connectivity index (χ0n) is 12.1. The summed E-state index contributed by atoms with van der Waals surface area (Å²) in [5.74, 6) is -0.151. The minimum absolute atomic E-state index is 0. The van der Waals surface area contributed by atoms with Gasteiger partial charge in [0.15, 0.2) is 0 Å². The third-order valence-electron chi connectivity index (χ3n) is 2.64. The summed E-state index contributed by atoms with van der Waals surface area (Å²) < 4.78 is 31.0. The number of amides is 1. The van der Waals surface area contributed by atoms with Crippen molar-refractivity contribution < 1.29 is 17.9 Å². The number of nitrogens with one attached hydrogen (secondary N) is 3. The number of likely N-dealkylation sites (N-methyl/N-ethyl adjacent to an activating group) is 1. The number of carbonyl (C=O) groups is 1. The third kappa shape index (κ3) is 5.16. The topological polar surface area (TPSA) is 96.5 Å². The molecule has 0 fully saturated rings. The number of hydrogen-bond donors (Lipinski definition) is 3. The van der Waals surface area contributed by atoms with Crippen molar-refractivity contribution in [2.75, 3.05) is 34.3 Å². The SMILES string of the molecule is CNCCNC(=O)c1ccc(OC)c(S(=O)(=O)NC)c1.Cl. The first-order chi connectivity index (χ1) is 9.46. The van der Waals surface area contributed by atoms with Crippen molar-refractivity contribution in [3.63, 3.8) is 0 Å². The molecule has 120 valence electrons. The predicted molar refractivity (Wildman–Crippen MR) is 82.7 cm³/mol. The maximum Gasteiger partial charge on any atom is 0.251 e. The summed E-state index contributed by atoms with van der Waals surface area (Å²) in [7, 11) is 0.757. The quantitative estimate of drug-likeness (QED) is 0.607. The van der Waals surface area contributed by atoms with E-state index >= 15 is 0 Å². The van der Waals surface area contributed by atoms with Gasteiger partial charge in [-0.15, -0.1) is 12.4 Å². The normalized spacial score (nSPS) is 10.6. The first-order valence-corrected chi connectivity index (χ1v) is 7.49. The fraction of sp³-hybridized carbons (Fsp3) is 0.417. The van der Waals surface area contributed by atoms with Gasteiger partial charge in [0.1, 0.15) is 10.6 Å². The predicted octanol–water partition coefficient (Wildman–Crippen LogP) is -0.0257. The average Bonchev–Trinajstić information content (AvgIpc) is 2.46. The van der Waals surface area contributed by atoms with Crippen molar-refractivity contribution in [2.24, 2.45) is 0 Å². The lowest BCUT2D eigenvalue weighted by Gasteiger charge is -2.11. The molecule has 0 aromatic heterocycles. The minimum Gasteiger partial charge on any atom is -0.495 e. The van der Waals surface area contributed by atoms with E-state index in [0.717, 1.165) is 0 Å². The van der Waals surface area contributed by atoms with Crippen LogP contribution in [0.1, 0.15) is 10.4 Å². The van der Waals surface area contributed by atoms with Gasteiger partial charge in [0.2, 0.25) is 10.0 Å². The molecule has 9 heteroatoms. The van der Waals surface area contributed by atoms with Crippen molar-refractivity contribution >= 4 is 28.3 Å². The number of ether oxygens (including phenoxy) is 1. The summed E-state index contributed by atoms with van der Waals surface area (Å²) in [5, 5.41) is 5.57. The number of methoxy groups -OCH3 is 1. The number of hydrogen-bond acceptors (Lipinski definition) is 5. The van der Waals surface area contributed by atoms with Crippen LogP contribution in [-0.2, 0) is 10.0 Å². The maximum absolute atomic E-state index is 11.9. The Bertz CT molecular complexity index is 578. The highest BCUT2D eigenvalue weighted by Crippen LogP contribution is 2.24. The summed E-state index contributed by atoms with van der Waals surface area (Å²) in [6.07, 6.45) is 0. The Balaban J connectivity index is 0.00000400. The van der Waals surface area contributed by atoms with Crippen LogP contribution in [0.15, 0.2) is 23.1 Å². The Morgan fingerprint density at radius 3 is 2.43 bits per heavy atom. The summed E-state index contributed by atoms with van der Waals surface area (Å²) >= 11 is 0. The molecule has 7 nitrogen and oxygen atoms in total. The highest BCUT2D eigenvalue weighted by atomic mass is 35.5. The third-order valence-corrected chi connectivity index (χ3v) is 4.08. The second kappa shape index (κ2) is 8.83. The van der Waals surface area contributed by atoms with Crippen LogP contribution < -0.4 is 20.1 Å². The van der Waals surface area contributed by atoms with E-state index in [2.05, 4.69) is 15.4 Å². The maximum atomic E-state index is 11.9. The average molecular weight is 338 g/mol. The van der Waals surface area contributed by atoms with Gasteiger partial charge in [0.05, 0.1) is 7.11 Å². The molecule has 0 aliphatic heterocycles. The van der Waals surface area contributed by atoms with Crippen LogP contribution in [0.2, 0.25) is 0 Å². The summed E-state index contributed by atoms with van der Waals surface area (Å²) in [6, 6.07) is 4.26. The number of halogens is 1. The molecule has 3 N–H and O–H groups in total. The number of carbonyl (C=O) groups excluding carboxylic acids is 1. The van der Waals surface area contributed by atoms with E-state index in [1.165, 1.54) is 32.4 Å². The van der Waals surface area contributed by atoms with Crippen molar-refractivity contribution in [1.29, 1.82) is 0 Å². The van der Waals surface area contributed by atoms with Crippen molar-refractivity contribution in [1.82, 2.24) is 15.4 Å². The first-order valence-electron chi connectivity index (χ1n) is 6.00. The van der Waals surface area contributed by atoms with Crippen LogP contribution in [-0.4, -0.2) is 48.6 Å². The van der Waals surface area contributed by atoms with E-state index in [9.17, 15) is 13.2 Å². The van der Waals surface area contributed by atoms with E-state index in [0.29, 0.717) is 13.1 Å². The van der Waals surface area contributed by atoms with Crippen molar-refractivity contribution in [2.45, 2.75) is 4.90 Å². The van der Waals surface area contributed by atoms with Crippen LogP contribution >= 0.6 is 12.4 Å². The van der Waals surface area contributed by atoms with Gasteiger partial charge < -0.3 is 15.4 Å². The Labute approximate surface area is 130 Å². The zero-order chi connectivity index (χ0) is 15.2. The zero-order valence-corrected chi connectivity index (χ0v) is 13.7. The lowest BCUT2D eigenvalue weighted by molar-refractivity contribution is 0.0954. The molecule has 0 saturated heterocycles. The van der Waals surface area contributed by atoms with Gasteiger partial charge in [-0.1, -0.05) is 0 Å². The fourth-order valence-corrected chi connectivity index (χ4v) is 2.46. The van der Waals surface area contributed by atoms with Crippen LogP contribution in [0.3, 0.4) is 0 Å². The van der Waals surface area contributed by atoms with Crippen molar-refractivity contribution in [3.8, 4) is 5.75 Å². The largest absolute Gasteiger partial charge is 0.495 e. The Hall–Kier alpha value is -1.35. The van der Waals surface area contributed by atoms with E-state index in [1.54, 1.807) is 7.05 Å². The van der Waals surface area contributed by atoms with Gasteiger partial charge in [-0.25, -0.2) is 13.1 Å². The van der Waals surface area contributed by atoms with Crippen LogP contribution in [0.4, 0.5) is 0 Å². The molecule has 0 unspecified atom stereocenters. The first kappa shape index (κ1) is 19.7. The molecule has 0 spiro atoms. The Morgan fingerprint density at radius 2 is 1.90 bits per heavy atom. The monoisotopic (exact) mass is 337 g/mol. The molecule has 0 atom stereocenters. The van der Waals surface area contributed by atoms with Gasteiger partial charge in [-0.05, 0) is 32.3 Å². The number of rotatable bonds is 7. The number of benzene rings is 1.